The molecule has 0 radical (unpaired) electrons. The zero-order chi connectivity index (χ0) is 9.54. The molecule has 0 spiro atoms. The van der Waals surface area contributed by atoms with Crippen molar-refractivity contribution in [3.8, 4) is 0 Å². The number of benzene rings is 1. The number of hydrogen-bond donors (Lipinski definition) is 0. The average Bonchev–Trinajstić information content (AvgIpc) is 2.55. The minimum Gasteiger partial charge on any atom is -0.339 e. The zero-order valence-electron chi connectivity index (χ0n) is 8.29. The van der Waals surface area contributed by atoms with Gasteiger partial charge in [-0.25, -0.2) is 0 Å². The summed E-state index contributed by atoms with van der Waals surface area (Å²) < 4.78 is 2.34. The van der Waals surface area contributed by atoms with Crippen LogP contribution < -0.4 is 0 Å². The Morgan fingerprint density at radius 1 is 1.29 bits per heavy atom. The molecule has 1 aromatic carbocycles. The molecule has 2 heterocycles. The number of fused-ring (bicyclic) bond motifs is 3. The number of hydrogen-bond acceptors (Lipinski definition) is 1. The lowest BCUT2D eigenvalue weighted by Crippen LogP contribution is -1.99. The highest BCUT2D eigenvalue weighted by molar-refractivity contribution is 7.99. The third-order valence-electron chi connectivity index (χ3n) is 2.96. The molecule has 1 aromatic heterocycles. The number of thioether (sulfide) groups is 1. The van der Waals surface area contributed by atoms with E-state index in [9.17, 15) is 0 Å². The summed E-state index contributed by atoms with van der Waals surface area (Å²) in [5, 5.41) is 2.94. The van der Waals surface area contributed by atoms with Crippen molar-refractivity contribution in [3.63, 3.8) is 0 Å². The monoisotopic (exact) mass is 203 g/mol. The zero-order valence-corrected chi connectivity index (χ0v) is 9.10. The van der Waals surface area contributed by atoms with Gasteiger partial charge in [0.2, 0.25) is 0 Å². The molecular formula is C12H13NS. The maximum absolute atomic E-state index is 2.34. The molecule has 0 bridgehead atoms. The Labute approximate surface area is 88.1 Å². The van der Waals surface area contributed by atoms with Crippen LogP contribution in [-0.2, 0) is 13.5 Å². The maximum Gasteiger partial charge on any atom is 0.0789 e. The first-order chi connectivity index (χ1) is 6.88. The van der Waals surface area contributed by atoms with Crippen LogP contribution in [0.25, 0.3) is 10.9 Å². The van der Waals surface area contributed by atoms with Crippen molar-refractivity contribution < 1.29 is 0 Å². The van der Waals surface area contributed by atoms with Crippen molar-refractivity contribution in [2.75, 3.05) is 5.75 Å². The van der Waals surface area contributed by atoms with E-state index >= 15 is 0 Å². The molecule has 0 saturated heterocycles. The van der Waals surface area contributed by atoms with Gasteiger partial charge in [-0.1, -0.05) is 18.2 Å². The van der Waals surface area contributed by atoms with E-state index in [0.717, 1.165) is 0 Å². The number of para-hydroxylation sites is 1. The summed E-state index contributed by atoms with van der Waals surface area (Å²) in [6.45, 7) is 0. The van der Waals surface area contributed by atoms with E-state index in [1.165, 1.54) is 34.5 Å². The minimum atomic E-state index is 1.25. The fourth-order valence-electron chi connectivity index (χ4n) is 2.29. The molecule has 0 atom stereocenters. The van der Waals surface area contributed by atoms with Crippen LogP contribution in [-0.4, -0.2) is 10.3 Å². The van der Waals surface area contributed by atoms with E-state index in [0.29, 0.717) is 0 Å². The topological polar surface area (TPSA) is 4.93 Å². The van der Waals surface area contributed by atoms with Gasteiger partial charge in [-0.15, -0.1) is 11.8 Å². The van der Waals surface area contributed by atoms with Gasteiger partial charge in [-0.2, -0.15) is 0 Å². The van der Waals surface area contributed by atoms with Crippen LogP contribution in [0.4, 0.5) is 0 Å². The van der Waals surface area contributed by atoms with Crippen LogP contribution in [0.2, 0.25) is 0 Å². The summed E-state index contributed by atoms with van der Waals surface area (Å²) in [6.07, 6.45) is 2.58. The molecule has 0 amide bonds. The molecule has 0 aliphatic carbocycles. The molecule has 1 aliphatic heterocycles. The quantitative estimate of drug-likeness (QED) is 0.636. The molecule has 1 aliphatic rings. The van der Waals surface area contributed by atoms with Gasteiger partial charge in [-0.05, 0) is 30.2 Å². The van der Waals surface area contributed by atoms with E-state index < -0.39 is 0 Å². The van der Waals surface area contributed by atoms with E-state index in [1.54, 1.807) is 5.56 Å². The van der Waals surface area contributed by atoms with Gasteiger partial charge >= 0.3 is 0 Å². The standard InChI is InChI=1S/C12H13NS/c1-13-11-7-3-2-5-9(11)10-6-4-8-14-12(10)13/h2-3,5,7H,4,6,8H2,1H3. The lowest BCUT2D eigenvalue weighted by molar-refractivity contribution is 0.798. The van der Waals surface area contributed by atoms with Gasteiger partial charge in [0, 0.05) is 18.0 Å². The van der Waals surface area contributed by atoms with Crippen molar-refractivity contribution in [3.05, 3.63) is 29.8 Å². The molecule has 2 heteroatoms. The summed E-state index contributed by atoms with van der Waals surface area (Å²) in [7, 11) is 2.18. The maximum atomic E-state index is 2.34. The van der Waals surface area contributed by atoms with Crippen LogP contribution in [0.15, 0.2) is 29.3 Å². The van der Waals surface area contributed by atoms with Crippen LogP contribution in [0.3, 0.4) is 0 Å². The first-order valence-corrected chi connectivity index (χ1v) is 6.05. The Balaban J connectivity index is 2.41. The number of aromatic nitrogens is 1. The second kappa shape index (κ2) is 3.06. The predicted octanol–water partition coefficient (Wildman–Crippen LogP) is 3.22. The first-order valence-electron chi connectivity index (χ1n) is 5.07. The summed E-state index contributed by atoms with van der Waals surface area (Å²) in [5.74, 6) is 1.27. The Morgan fingerprint density at radius 2 is 2.14 bits per heavy atom. The van der Waals surface area contributed by atoms with E-state index in [-0.39, 0.29) is 0 Å². The van der Waals surface area contributed by atoms with Crippen molar-refractivity contribution >= 4 is 22.7 Å². The molecule has 0 fully saturated rings. The highest BCUT2D eigenvalue weighted by atomic mass is 32.2. The summed E-state index contributed by atoms with van der Waals surface area (Å²) in [5.41, 5.74) is 2.95. The molecular weight excluding hydrogens is 190 g/mol. The van der Waals surface area contributed by atoms with Crippen molar-refractivity contribution in [2.45, 2.75) is 17.9 Å². The second-order valence-electron chi connectivity index (χ2n) is 3.81. The number of rotatable bonds is 0. The molecule has 14 heavy (non-hydrogen) atoms. The van der Waals surface area contributed by atoms with Crippen LogP contribution >= 0.6 is 11.8 Å². The molecule has 0 saturated carbocycles. The molecule has 2 aromatic rings. The van der Waals surface area contributed by atoms with Crippen molar-refractivity contribution in [1.82, 2.24) is 4.57 Å². The number of aryl methyl sites for hydroxylation is 2. The molecule has 0 unspecified atom stereocenters. The van der Waals surface area contributed by atoms with Gasteiger partial charge in [-0.3, -0.25) is 0 Å². The Morgan fingerprint density at radius 3 is 3.07 bits per heavy atom. The summed E-state index contributed by atoms with van der Waals surface area (Å²) in [4.78, 5) is 0. The van der Waals surface area contributed by atoms with Crippen molar-refractivity contribution in [2.24, 2.45) is 7.05 Å². The largest absolute Gasteiger partial charge is 0.339 e. The van der Waals surface area contributed by atoms with Gasteiger partial charge in [0.25, 0.3) is 0 Å². The Hall–Kier alpha value is -0.890. The van der Waals surface area contributed by atoms with Crippen LogP contribution in [0.1, 0.15) is 12.0 Å². The Kier molecular flexibility index (Phi) is 1.84. The fraction of sp³-hybridized carbons (Fsp3) is 0.333. The van der Waals surface area contributed by atoms with E-state index in [2.05, 4.69) is 35.9 Å². The highest BCUT2D eigenvalue weighted by Gasteiger charge is 2.17. The SMILES string of the molecule is Cn1c2c(c3ccccc31)CCCS2. The third-order valence-corrected chi connectivity index (χ3v) is 4.25. The fourth-order valence-corrected chi connectivity index (χ4v) is 3.45. The van der Waals surface area contributed by atoms with Gasteiger partial charge in [0.1, 0.15) is 0 Å². The first kappa shape index (κ1) is 8.42. The minimum absolute atomic E-state index is 1.25. The highest BCUT2D eigenvalue weighted by Crippen LogP contribution is 2.36. The second-order valence-corrected chi connectivity index (χ2v) is 4.90. The predicted molar refractivity (Wildman–Crippen MR) is 62.0 cm³/mol. The third kappa shape index (κ3) is 1.04. The summed E-state index contributed by atoms with van der Waals surface area (Å²) >= 11 is 2.00. The average molecular weight is 203 g/mol. The summed E-state index contributed by atoms with van der Waals surface area (Å²) in [6, 6.07) is 8.73. The van der Waals surface area contributed by atoms with Crippen LogP contribution in [0, 0.1) is 0 Å². The van der Waals surface area contributed by atoms with Gasteiger partial charge in [0.15, 0.2) is 0 Å². The van der Waals surface area contributed by atoms with E-state index in [4.69, 9.17) is 0 Å². The van der Waals surface area contributed by atoms with E-state index in [1.807, 2.05) is 11.8 Å². The molecule has 72 valence electrons. The lowest BCUT2D eigenvalue weighted by atomic mass is 10.1. The van der Waals surface area contributed by atoms with Gasteiger partial charge in [0.05, 0.1) is 5.03 Å². The molecule has 0 N–H and O–H groups in total. The van der Waals surface area contributed by atoms with Crippen LogP contribution in [0.5, 0.6) is 0 Å². The normalized spacial score (nSPS) is 15.8. The van der Waals surface area contributed by atoms with Gasteiger partial charge < -0.3 is 4.57 Å². The lowest BCUT2D eigenvalue weighted by Gasteiger charge is -2.12. The molecule has 1 nitrogen and oxygen atoms in total. The Bertz CT molecular complexity index is 484. The molecule has 3 rings (SSSR count). The van der Waals surface area contributed by atoms with Crippen molar-refractivity contribution in [1.29, 1.82) is 0 Å². The smallest absolute Gasteiger partial charge is 0.0789 e. The number of nitrogens with zero attached hydrogens (tertiary/aromatic N) is 1.